The highest BCUT2D eigenvalue weighted by Crippen LogP contribution is 2.21. The van der Waals surface area contributed by atoms with Gasteiger partial charge in [0.1, 0.15) is 0 Å². The molecule has 1 fully saturated rings. The maximum atomic E-state index is 3.70. The van der Waals surface area contributed by atoms with Crippen LogP contribution in [-0.4, -0.2) is 36.1 Å². The molecule has 1 saturated heterocycles. The molecule has 1 atom stereocenters. The number of hydrogen-bond acceptors (Lipinski definition) is 2. The summed E-state index contributed by atoms with van der Waals surface area (Å²) in [4.78, 5) is 2.59. The quantitative estimate of drug-likeness (QED) is 0.720. The lowest BCUT2D eigenvalue weighted by Gasteiger charge is -2.46. The topological polar surface area (TPSA) is 15.3 Å². The molecule has 1 aliphatic heterocycles. The Hall–Kier alpha value is -0.0800. The van der Waals surface area contributed by atoms with Crippen molar-refractivity contribution in [2.24, 2.45) is 0 Å². The van der Waals surface area contributed by atoms with E-state index in [4.69, 9.17) is 0 Å². The van der Waals surface area contributed by atoms with E-state index in [1.54, 1.807) is 0 Å². The second kappa shape index (κ2) is 4.43. The number of hydrogen-bond donors (Lipinski definition) is 1. The minimum absolute atomic E-state index is 0.391. The Morgan fingerprint density at radius 1 is 1.31 bits per heavy atom. The molecule has 1 unspecified atom stereocenters. The van der Waals surface area contributed by atoms with Crippen LogP contribution in [0.1, 0.15) is 40.5 Å². The summed E-state index contributed by atoms with van der Waals surface area (Å²) in [5.41, 5.74) is 0.391. The van der Waals surface area contributed by atoms with Crippen molar-refractivity contribution in [3.63, 3.8) is 0 Å². The molecular weight excluding hydrogens is 160 g/mol. The van der Waals surface area contributed by atoms with E-state index in [0.717, 1.165) is 6.54 Å². The highest BCUT2D eigenvalue weighted by Gasteiger charge is 2.33. The Balaban J connectivity index is 2.61. The Kier molecular flexibility index (Phi) is 3.74. The lowest BCUT2D eigenvalue weighted by atomic mass is 9.89. The Morgan fingerprint density at radius 2 is 1.92 bits per heavy atom. The van der Waals surface area contributed by atoms with Gasteiger partial charge in [0.05, 0.1) is 0 Å². The lowest BCUT2D eigenvalue weighted by Crippen LogP contribution is -2.62. The van der Waals surface area contributed by atoms with Crippen molar-refractivity contribution in [2.45, 2.75) is 52.1 Å². The van der Waals surface area contributed by atoms with Crippen molar-refractivity contribution in [3.8, 4) is 0 Å². The Bertz CT molecular complexity index is 152. The van der Waals surface area contributed by atoms with E-state index < -0.39 is 0 Å². The zero-order chi connectivity index (χ0) is 9.90. The van der Waals surface area contributed by atoms with Gasteiger partial charge < -0.3 is 5.32 Å². The summed E-state index contributed by atoms with van der Waals surface area (Å²) in [7, 11) is 0. The monoisotopic (exact) mass is 184 g/mol. The van der Waals surface area contributed by atoms with Crippen LogP contribution in [-0.2, 0) is 0 Å². The fourth-order valence-electron chi connectivity index (χ4n) is 2.24. The molecule has 0 aromatic heterocycles. The molecule has 2 heteroatoms. The number of likely N-dealkylation sites (N-methyl/N-ethyl adjacent to an activating group) is 1. The van der Waals surface area contributed by atoms with Crippen molar-refractivity contribution >= 4 is 0 Å². The summed E-state index contributed by atoms with van der Waals surface area (Å²) >= 11 is 0. The van der Waals surface area contributed by atoms with Gasteiger partial charge >= 0.3 is 0 Å². The third-order valence-electron chi connectivity index (χ3n) is 3.66. The number of nitrogens with one attached hydrogen (secondary N) is 1. The zero-order valence-electron chi connectivity index (χ0n) is 9.56. The molecule has 2 nitrogen and oxygen atoms in total. The van der Waals surface area contributed by atoms with Gasteiger partial charge in [0.2, 0.25) is 0 Å². The molecule has 13 heavy (non-hydrogen) atoms. The van der Waals surface area contributed by atoms with Gasteiger partial charge in [-0.05, 0) is 26.3 Å². The summed E-state index contributed by atoms with van der Waals surface area (Å²) in [6.07, 6.45) is 2.49. The highest BCUT2D eigenvalue weighted by atomic mass is 15.2. The molecule has 0 amide bonds. The molecular formula is C11H24N2. The number of nitrogens with zero attached hydrogens (tertiary/aromatic N) is 1. The van der Waals surface area contributed by atoms with E-state index in [9.17, 15) is 0 Å². The van der Waals surface area contributed by atoms with Gasteiger partial charge in [0.25, 0.3) is 0 Å². The lowest BCUT2D eigenvalue weighted by molar-refractivity contribution is 0.0858. The van der Waals surface area contributed by atoms with Crippen molar-refractivity contribution in [2.75, 3.05) is 19.6 Å². The predicted octanol–water partition coefficient (Wildman–Crippen LogP) is 1.86. The van der Waals surface area contributed by atoms with Crippen LogP contribution < -0.4 is 5.32 Å². The molecule has 0 spiro atoms. The molecule has 1 N–H and O–H groups in total. The van der Waals surface area contributed by atoms with Crippen LogP contribution in [0, 0.1) is 0 Å². The third-order valence-corrected chi connectivity index (χ3v) is 3.66. The standard InChI is InChI=1S/C11H24N2/c1-5-11(6-2)9-13(7-3)10(4)8-12-11/h10,12H,5-9H2,1-4H3. The first-order valence-electron chi connectivity index (χ1n) is 5.66. The van der Waals surface area contributed by atoms with Crippen LogP contribution in [0.4, 0.5) is 0 Å². The fourth-order valence-corrected chi connectivity index (χ4v) is 2.24. The van der Waals surface area contributed by atoms with Gasteiger partial charge in [-0.1, -0.05) is 20.8 Å². The van der Waals surface area contributed by atoms with E-state index >= 15 is 0 Å². The molecule has 1 rings (SSSR count). The van der Waals surface area contributed by atoms with Gasteiger partial charge in [-0.3, -0.25) is 4.90 Å². The first kappa shape index (κ1) is 11.0. The van der Waals surface area contributed by atoms with Crippen LogP contribution in [0.15, 0.2) is 0 Å². The molecule has 0 aromatic rings. The van der Waals surface area contributed by atoms with E-state index in [0.29, 0.717) is 11.6 Å². The molecule has 0 saturated carbocycles. The van der Waals surface area contributed by atoms with Crippen molar-refractivity contribution in [1.82, 2.24) is 10.2 Å². The fraction of sp³-hybridized carbons (Fsp3) is 1.00. The van der Waals surface area contributed by atoms with Crippen LogP contribution in [0.3, 0.4) is 0 Å². The average Bonchev–Trinajstić information content (AvgIpc) is 2.19. The van der Waals surface area contributed by atoms with Crippen molar-refractivity contribution < 1.29 is 0 Å². The molecule has 0 aliphatic carbocycles. The van der Waals surface area contributed by atoms with Crippen LogP contribution >= 0.6 is 0 Å². The molecule has 0 aromatic carbocycles. The van der Waals surface area contributed by atoms with E-state index in [1.807, 2.05) is 0 Å². The molecule has 78 valence electrons. The van der Waals surface area contributed by atoms with E-state index in [1.165, 1.54) is 25.9 Å². The largest absolute Gasteiger partial charge is 0.308 e. The highest BCUT2D eigenvalue weighted by molar-refractivity contribution is 4.95. The second-order valence-corrected chi connectivity index (χ2v) is 4.28. The van der Waals surface area contributed by atoms with Crippen LogP contribution in [0.25, 0.3) is 0 Å². The summed E-state index contributed by atoms with van der Waals surface area (Å²) in [6.45, 7) is 12.7. The normalized spacial score (nSPS) is 29.1. The van der Waals surface area contributed by atoms with Crippen molar-refractivity contribution in [1.29, 1.82) is 0 Å². The summed E-state index contributed by atoms with van der Waals surface area (Å²) < 4.78 is 0. The zero-order valence-corrected chi connectivity index (χ0v) is 9.56. The van der Waals surface area contributed by atoms with Gasteiger partial charge in [-0.2, -0.15) is 0 Å². The Morgan fingerprint density at radius 3 is 2.38 bits per heavy atom. The van der Waals surface area contributed by atoms with Gasteiger partial charge in [0.15, 0.2) is 0 Å². The van der Waals surface area contributed by atoms with Gasteiger partial charge in [-0.15, -0.1) is 0 Å². The van der Waals surface area contributed by atoms with Gasteiger partial charge in [0, 0.05) is 24.7 Å². The van der Waals surface area contributed by atoms with E-state index in [-0.39, 0.29) is 0 Å². The summed E-state index contributed by atoms with van der Waals surface area (Å²) in [5, 5.41) is 3.70. The maximum absolute atomic E-state index is 3.70. The predicted molar refractivity (Wildman–Crippen MR) is 58.0 cm³/mol. The minimum atomic E-state index is 0.391. The second-order valence-electron chi connectivity index (χ2n) is 4.28. The van der Waals surface area contributed by atoms with Crippen LogP contribution in [0.2, 0.25) is 0 Å². The minimum Gasteiger partial charge on any atom is -0.308 e. The smallest absolute Gasteiger partial charge is 0.0304 e. The van der Waals surface area contributed by atoms with Gasteiger partial charge in [-0.25, -0.2) is 0 Å². The SMILES string of the molecule is CCN1CC(CC)(CC)NCC1C. The summed E-state index contributed by atoms with van der Waals surface area (Å²) in [5.74, 6) is 0. The molecule has 0 radical (unpaired) electrons. The molecule has 1 aliphatic rings. The molecule has 0 bridgehead atoms. The Labute approximate surface area is 82.7 Å². The molecule has 1 heterocycles. The number of piperazine rings is 1. The summed E-state index contributed by atoms with van der Waals surface area (Å²) in [6, 6.07) is 0.705. The van der Waals surface area contributed by atoms with E-state index in [2.05, 4.69) is 37.9 Å². The van der Waals surface area contributed by atoms with Crippen LogP contribution in [0.5, 0.6) is 0 Å². The first-order valence-corrected chi connectivity index (χ1v) is 5.66. The number of rotatable bonds is 3. The maximum Gasteiger partial charge on any atom is 0.0304 e. The third kappa shape index (κ3) is 2.23. The first-order chi connectivity index (χ1) is 6.17. The van der Waals surface area contributed by atoms with Crippen molar-refractivity contribution in [3.05, 3.63) is 0 Å². The average molecular weight is 184 g/mol.